The molecule has 0 aliphatic carbocycles. The van der Waals surface area contributed by atoms with E-state index in [1.54, 1.807) is 54.6 Å². The van der Waals surface area contributed by atoms with Gasteiger partial charge in [0, 0.05) is 17.7 Å². The second kappa shape index (κ2) is 15.4. The summed E-state index contributed by atoms with van der Waals surface area (Å²) in [6, 6.07) is 20.1. The Hall–Kier alpha value is -3.67. The fourth-order valence-corrected chi connectivity index (χ4v) is 4.20. The molecule has 0 aromatic heterocycles. The number of unbranched alkanes of at least 4 members (excludes halogenated alkanes) is 9. The first-order valence-electron chi connectivity index (χ1n) is 13.4. The van der Waals surface area contributed by atoms with Gasteiger partial charge in [0.1, 0.15) is 11.5 Å². The van der Waals surface area contributed by atoms with Crippen LogP contribution in [-0.2, 0) is 0 Å². The Labute approximate surface area is 219 Å². The number of rotatable bonds is 17. The predicted octanol–water partition coefficient (Wildman–Crippen LogP) is 8.92. The number of ketones is 1. The molecule has 0 bridgehead atoms. The third-order valence-electron chi connectivity index (χ3n) is 6.28. The highest BCUT2D eigenvalue weighted by atomic mass is 16.6. The van der Waals surface area contributed by atoms with Crippen LogP contribution in [0.2, 0.25) is 0 Å². The lowest BCUT2D eigenvalue weighted by Gasteiger charge is -2.14. The molecule has 0 saturated heterocycles. The summed E-state index contributed by atoms with van der Waals surface area (Å²) in [5, 5.41) is 11.5. The molecule has 0 spiro atoms. The molecule has 0 aliphatic heterocycles. The minimum absolute atomic E-state index is 0.0708. The van der Waals surface area contributed by atoms with Crippen molar-refractivity contribution in [2.24, 2.45) is 0 Å². The Kier molecular flexibility index (Phi) is 11.6. The number of carbonyl (C=O) groups excluding carboxylic acids is 1. The Bertz CT molecular complexity index is 1130. The number of nitrogens with zero attached hydrogens (tertiary/aromatic N) is 1. The van der Waals surface area contributed by atoms with E-state index >= 15 is 0 Å². The Morgan fingerprint density at radius 1 is 0.757 bits per heavy atom. The molecule has 0 radical (unpaired) electrons. The summed E-state index contributed by atoms with van der Waals surface area (Å²) < 4.78 is 11.9. The second-order valence-electron chi connectivity index (χ2n) is 9.21. The van der Waals surface area contributed by atoms with Gasteiger partial charge in [-0.05, 0) is 24.6 Å². The van der Waals surface area contributed by atoms with Gasteiger partial charge in [0.15, 0.2) is 5.78 Å². The number of nitro groups is 1. The fourth-order valence-electron chi connectivity index (χ4n) is 4.20. The number of ether oxygens (including phenoxy) is 2. The molecular weight excluding hydrogens is 466 g/mol. The van der Waals surface area contributed by atoms with E-state index < -0.39 is 4.92 Å². The zero-order valence-corrected chi connectivity index (χ0v) is 21.7. The second-order valence-corrected chi connectivity index (χ2v) is 9.21. The van der Waals surface area contributed by atoms with Crippen LogP contribution < -0.4 is 9.47 Å². The summed E-state index contributed by atoms with van der Waals surface area (Å²) in [4.78, 5) is 24.2. The van der Waals surface area contributed by atoms with Gasteiger partial charge in [-0.1, -0.05) is 107 Å². The number of nitro benzene ring substituents is 1. The molecule has 0 atom stereocenters. The molecular formula is C31H37NO5. The van der Waals surface area contributed by atoms with Gasteiger partial charge in [-0.25, -0.2) is 0 Å². The van der Waals surface area contributed by atoms with Crippen LogP contribution in [0.25, 0.3) is 0 Å². The van der Waals surface area contributed by atoms with E-state index in [9.17, 15) is 14.9 Å². The molecule has 6 nitrogen and oxygen atoms in total. The van der Waals surface area contributed by atoms with Gasteiger partial charge in [-0.3, -0.25) is 14.9 Å². The lowest BCUT2D eigenvalue weighted by Crippen LogP contribution is -2.05. The van der Waals surface area contributed by atoms with Crippen molar-refractivity contribution >= 4 is 11.5 Å². The minimum atomic E-state index is -0.500. The van der Waals surface area contributed by atoms with Crippen molar-refractivity contribution in [2.45, 2.75) is 71.1 Å². The molecule has 37 heavy (non-hydrogen) atoms. The van der Waals surface area contributed by atoms with Crippen LogP contribution in [0.3, 0.4) is 0 Å². The van der Waals surface area contributed by atoms with Crippen molar-refractivity contribution in [3.8, 4) is 17.2 Å². The first-order chi connectivity index (χ1) is 18.1. The van der Waals surface area contributed by atoms with Crippen LogP contribution in [0, 0.1) is 10.1 Å². The van der Waals surface area contributed by atoms with Crippen LogP contribution in [0.5, 0.6) is 17.2 Å². The zero-order valence-electron chi connectivity index (χ0n) is 21.7. The van der Waals surface area contributed by atoms with E-state index in [-0.39, 0.29) is 23.0 Å². The van der Waals surface area contributed by atoms with E-state index in [2.05, 4.69) is 6.92 Å². The largest absolute Gasteiger partial charge is 0.493 e. The average molecular weight is 504 g/mol. The zero-order chi connectivity index (χ0) is 26.3. The summed E-state index contributed by atoms with van der Waals surface area (Å²) in [5.41, 5.74) is 0.655. The molecule has 3 aromatic rings. The van der Waals surface area contributed by atoms with Crippen molar-refractivity contribution in [1.82, 2.24) is 0 Å². The van der Waals surface area contributed by atoms with Gasteiger partial charge in [0.05, 0.1) is 17.1 Å². The summed E-state index contributed by atoms with van der Waals surface area (Å²) in [7, 11) is 0. The highest BCUT2D eigenvalue weighted by Gasteiger charge is 2.20. The number of carbonyl (C=O) groups is 1. The number of para-hydroxylation sites is 2. The quantitative estimate of drug-likeness (QED) is 0.0795. The maximum absolute atomic E-state index is 13.2. The standard InChI is InChI=1S/C31H37NO5/c1-2-3-4-5-6-7-8-9-10-16-23-36-26-21-22-27(31(33)25-17-12-11-13-18-25)30(24-26)37-29-20-15-14-19-28(29)32(34)35/h11-15,17-22,24H,2-10,16,23H2,1H3. The van der Waals surface area contributed by atoms with Crippen molar-refractivity contribution in [3.05, 3.63) is 94.0 Å². The van der Waals surface area contributed by atoms with Gasteiger partial charge in [-0.15, -0.1) is 0 Å². The molecule has 0 fully saturated rings. The maximum atomic E-state index is 13.2. The SMILES string of the molecule is CCCCCCCCCCCCOc1ccc(C(=O)c2ccccc2)c(Oc2ccccc2[N+](=O)[O-])c1. The number of benzene rings is 3. The Balaban J connectivity index is 1.62. The first kappa shape index (κ1) is 27.9. The minimum Gasteiger partial charge on any atom is -0.493 e. The Morgan fingerprint density at radius 2 is 1.38 bits per heavy atom. The van der Waals surface area contributed by atoms with Gasteiger partial charge >= 0.3 is 5.69 Å². The summed E-state index contributed by atoms with van der Waals surface area (Å²) in [6.07, 6.45) is 12.5. The highest BCUT2D eigenvalue weighted by Crippen LogP contribution is 2.35. The van der Waals surface area contributed by atoms with E-state index in [0.717, 1.165) is 12.8 Å². The van der Waals surface area contributed by atoms with Crippen molar-refractivity contribution in [3.63, 3.8) is 0 Å². The third-order valence-corrected chi connectivity index (χ3v) is 6.28. The molecule has 0 amide bonds. The lowest BCUT2D eigenvalue weighted by atomic mass is 10.0. The van der Waals surface area contributed by atoms with Crippen LogP contribution in [0.4, 0.5) is 5.69 Å². The molecule has 0 heterocycles. The van der Waals surface area contributed by atoms with Crippen LogP contribution >= 0.6 is 0 Å². The van der Waals surface area contributed by atoms with Crippen molar-refractivity contribution in [1.29, 1.82) is 0 Å². The molecule has 0 aliphatic rings. The summed E-state index contributed by atoms with van der Waals surface area (Å²) in [6.45, 7) is 2.80. The highest BCUT2D eigenvalue weighted by molar-refractivity contribution is 6.10. The molecule has 6 heteroatoms. The lowest BCUT2D eigenvalue weighted by molar-refractivity contribution is -0.385. The number of hydrogen-bond donors (Lipinski definition) is 0. The summed E-state index contributed by atoms with van der Waals surface area (Å²) >= 11 is 0. The third kappa shape index (κ3) is 9.05. The molecule has 3 aromatic carbocycles. The molecule has 0 saturated carbocycles. The van der Waals surface area contributed by atoms with Crippen LogP contribution in [0.1, 0.15) is 87.1 Å². The molecule has 0 unspecified atom stereocenters. The molecule has 3 rings (SSSR count). The van der Waals surface area contributed by atoms with Crippen molar-refractivity contribution in [2.75, 3.05) is 6.61 Å². The normalized spacial score (nSPS) is 10.7. The van der Waals surface area contributed by atoms with Crippen LogP contribution in [-0.4, -0.2) is 17.3 Å². The van der Waals surface area contributed by atoms with Crippen molar-refractivity contribution < 1.29 is 19.2 Å². The fraction of sp³-hybridized carbons (Fsp3) is 0.387. The monoisotopic (exact) mass is 503 g/mol. The van der Waals surface area contributed by atoms with E-state index in [1.807, 2.05) is 6.07 Å². The van der Waals surface area contributed by atoms with Gasteiger partial charge in [0.25, 0.3) is 0 Å². The summed E-state index contributed by atoms with van der Waals surface area (Å²) in [5.74, 6) is 0.634. The average Bonchev–Trinajstić information content (AvgIpc) is 2.92. The predicted molar refractivity (Wildman–Crippen MR) is 147 cm³/mol. The smallest absolute Gasteiger partial charge is 0.311 e. The Morgan fingerprint density at radius 3 is 2.05 bits per heavy atom. The van der Waals surface area contributed by atoms with Gasteiger partial charge < -0.3 is 9.47 Å². The number of hydrogen-bond acceptors (Lipinski definition) is 5. The van der Waals surface area contributed by atoms with Crippen LogP contribution in [0.15, 0.2) is 72.8 Å². The molecule has 196 valence electrons. The molecule has 0 N–H and O–H groups in total. The maximum Gasteiger partial charge on any atom is 0.311 e. The van der Waals surface area contributed by atoms with E-state index in [1.165, 1.54) is 63.5 Å². The first-order valence-corrected chi connectivity index (χ1v) is 13.4. The van der Waals surface area contributed by atoms with Gasteiger partial charge in [-0.2, -0.15) is 0 Å². The topological polar surface area (TPSA) is 78.7 Å². The van der Waals surface area contributed by atoms with E-state index in [0.29, 0.717) is 23.5 Å². The van der Waals surface area contributed by atoms with Gasteiger partial charge in [0.2, 0.25) is 5.75 Å². The van der Waals surface area contributed by atoms with E-state index in [4.69, 9.17) is 9.47 Å².